The van der Waals surface area contributed by atoms with Crippen molar-refractivity contribution in [3.63, 3.8) is 0 Å². The van der Waals surface area contributed by atoms with Crippen molar-refractivity contribution in [3.8, 4) is 5.69 Å². The molecule has 1 N–H and O–H groups in total. The molecule has 1 aromatic heterocycles. The minimum Gasteiger partial charge on any atom is -0.330 e. The highest BCUT2D eigenvalue weighted by atomic mass is 32.2. The fourth-order valence-electron chi connectivity index (χ4n) is 2.11. The van der Waals surface area contributed by atoms with Gasteiger partial charge in [-0.15, -0.1) is 11.8 Å². The highest BCUT2D eigenvalue weighted by Gasteiger charge is 2.14. The second kappa shape index (κ2) is 5.03. The standard InChI is InChI=1S/C14H10F2N2S2/c1-20-9-4-2-8(3-5-9)18-13-11(17-14(18)19)7-6-10(15)12(13)16/h2-7H,1H3,(H,17,19). The minimum atomic E-state index is -0.899. The highest BCUT2D eigenvalue weighted by molar-refractivity contribution is 7.98. The third-order valence-electron chi connectivity index (χ3n) is 3.07. The van der Waals surface area contributed by atoms with Gasteiger partial charge in [0.15, 0.2) is 16.4 Å². The number of imidazole rings is 1. The number of rotatable bonds is 2. The molecule has 0 amide bonds. The van der Waals surface area contributed by atoms with Crippen LogP contribution in [0.5, 0.6) is 0 Å². The summed E-state index contributed by atoms with van der Waals surface area (Å²) in [5.74, 6) is -1.79. The lowest BCUT2D eigenvalue weighted by molar-refractivity contribution is 0.514. The van der Waals surface area contributed by atoms with E-state index in [1.54, 1.807) is 11.8 Å². The first-order valence-corrected chi connectivity index (χ1v) is 7.48. The van der Waals surface area contributed by atoms with E-state index in [0.29, 0.717) is 16.0 Å². The van der Waals surface area contributed by atoms with Crippen molar-refractivity contribution >= 4 is 35.0 Å². The van der Waals surface area contributed by atoms with Crippen LogP contribution in [0.3, 0.4) is 0 Å². The molecule has 0 radical (unpaired) electrons. The van der Waals surface area contributed by atoms with Crippen LogP contribution in [0.2, 0.25) is 0 Å². The Morgan fingerprint density at radius 3 is 2.45 bits per heavy atom. The molecule has 2 nitrogen and oxygen atoms in total. The van der Waals surface area contributed by atoms with Crippen molar-refractivity contribution in [3.05, 3.63) is 52.8 Å². The van der Waals surface area contributed by atoms with Gasteiger partial charge in [0.05, 0.1) is 5.52 Å². The van der Waals surface area contributed by atoms with Gasteiger partial charge in [-0.1, -0.05) is 0 Å². The van der Waals surface area contributed by atoms with Crippen LogP contribution in [0.25, 0.3) is 16.7 Å². The molecule has 0 fully saturated rings. The number of halogens is 2. The SMILES string of the molecule is CSc1ccc(-n2c(=S)[nH]c3ccc(F)c(F)c32)cc1. The fraction of sp³-hybridized carbons (Fsp3) is 0.0714. The summed E-state index contributed by atoms with van der Waals surface area (Å²) in [4.78, 5) is 3.98. The van der Waals surface area contributed by atoms with Crippen LogP contribution in [0.4, 0.5) is 8.78 Å². The summed E-state index contributed by atoms with van der Waals surface area (Å²) in [5, 5.41) is 0. The Balaban J connectivity index is 2.32. The van der Waals surface area contributed by atoms with Crippen molar-refractivity contribution in [2.24, 2.45) is 0 Å². The molecule has 102 valence electrons. The predicted octanol–water partition coefficient (Wildman–Crippen LogP) is 4.69. The lowest BCUT2D eigenvalue weighted by Gasteiger charge is -2.06. The van der Waals surface area contributed by atoms with Gasteiger partial charge in [0.25, 0.3) is 0 Å². The summed E-state index contributed by atoms with van der Waals surface area (Å²) in [7, 11) is 0. The third kappa shape index (κ3) is 2.05. The van der Waals surface area contributed by atoms with Gasteiger partial charge < -0.3 is 4.98 Å². The molecule has 0 aliphatic heterocycles. The van der Waals surface area contributed by atoms with Gasteiger partial charge in [0.2, 0.25) is 0 Å². The topological polar surface area (TPSA) is 20.7 Å². The van der Waals surface area contributed by atoms with Crippen LogP contribution in [0, 0.1) is 16.4 Å². The third-order valence-corrected chi connectivity index (χ3v) is 4.10. The normalized spacial score (nSPS) is 11.2. The molecule has 0 saturated carbocycles. The molecule has 20 heavy (non-hydrogen) atoms. The lowest BCUT2D eigenvalue weighted by atomic mass is 10.2. The van der Waals surface area contributed by atoms with Crippen LogP contribution < -0.4 is 0 Å². The summed E-state index contributed by atoms with van der Waals surface area (Å²) in [6, 6.07) is 10.1. The van der Waals surface area contributed by atoms with Crippen LogP contribution >= 0.6 is 24.0 Å². The number of H-pyrrole nitrogens is 1. The Kier molecular flexibility index (Phi) is 3.35. The van der Waals surface area contributed by atoms with Crippen LogP contribution in [-0.2, 0) is 0 Å². The van der Waals surface area contributed by atoms with E-state index in [4.69, 9.17) is 12.2 Å². The minimum absolute atomic E-state index is 0.131. The van der Waals surface area contributed by atoms with E-state index >= 15 is 0 Å². The molecule has 0 bridgehead atoms. The average molecular weight is 308 g/mol. The maximum atomic E-state index is 14.0. The van der Waals surface area contributed by atoms with E-state index in [9.17, 15) is 8.78 Å². The molecule has 0 saturated heterocycles. The van der Waals surface area contributed by atoms with Crippen molar-refractivity contribution in [1.82, 2.24) is 9.55 Å². The second-order valence-corrected chi connectivity index (χ2v) is 5.49. The summed E-state index contributed by atoms with van der Waals surface area (Å²) < 4.78 is 29.3. The molecular weight excluding hydrogens is 298 g/mol. The molecule has 0 aliphatic rings. The molecule has 2 aromatic carbocycles. The molecule has 0 aliphatic carbocycles. The van der Waals surface area contributed by atoms with Gasteiger partial charge in [-0.25, -0.2) is 8.78 Å². The summed E-state index contributed by atoms with van der Waals surface area (Å²) in [5.41, 5.74) is 1.30. The van der Waals surface area contributed by atoms with E-state index in [1.165, 1.54) is 10.6 Å². The quantitative estimate of drug-likeness (QED) is 0.548. The van der Waals surface area contributed by atoms with E-state index in [2.05, 4.69) is 4.98 Å². The van der Waals surface area contributed by atoms with E-state index < -0.39 is 11.6 Å². The van der Waals surface area contributed by atoms with Crippen molar-refractivity contribution in [2.75, 3.05) is 6.26 Å². The van der Waals surface area contributed by atoms with Crippen molar-refractivity contribution in [1.29, 1.82) is 0 Å². The first-order chi connectivity index (χ1) is 9.61. The van der Waals surface area contributed by atoms with Gasteiger partial charge in [-0.05, 0) is 54.9 Å². The van der Waals surface area contributed by atoms with Crippen LogP contribution in [-0.4, -0.2) is 15.8 Å². The number of aromatic nitrogens is 2. The molecule has 3 aromatic rings. The fourth-order valence-corrected chi connectivity index (χ4v) is 2.82. The van der Waals surface area contributed by atoms with Crippen LogP contribution in [0.1, 0.15) is 0 Å². The van der Waals surface area contributed by atoms with Gasteiger partial charge >= 0.3 is 0 Å². The zero-order chi connectivity index (χ0) is 14.3. The van der Waals surface area contributed by atoms with Gasteiger partial charge in [-0.3, -0.25) is 4.57 Å². The summed E-state index contributed by atoms with van der Waals surface area (Å²) in [6.45, 7) is 0. The number of aromatic amines is 1. The zero-order valence-corrected chi connectivity index (χ0v) is 12.1. The summed E-state index contributed by atoms with van der Waals surface area (Å²) in [6.07, 6.45) is 1.97. The van der Waals surface area contributed by atoms with Crippen molar-refractivity contribution < 1.29 is 8.78 Å². The van der Waals surface area contributed by atoms with E-state index in [-0.39, 0.29) is 5.52 Å². The number of benzene rings is 2. The van der Waals surface area contributed by atoms with E-state index in [1.807, 2.05) is 30.5 Å². The molecule has 6 heteroatoms. The number of hydrogen-bond donors (Lipinski definition) is 1. The van der Waals surface area contributed by atoms with Gasteiger partial charge in [-0.2, -0.15) is 0 Å². The Morgan fingerprint density at radius 1 is 1.10 bits per heavy atom. The molecule has 1 heterocycles. The monoisotopic (exact) mass is 308 g/mol. The smallest absolute Gasteiger partial charge is 0.184 e. The number of nitrogens with one attached hydrogen (secondary N) is 1. The highest BCUT2D eigenvalue weighted by Crippen LogP contribution is 2.25. The Labute approximate surface area is 123 Å². The maximum absolute atomic E-state index is 14.0. The first-order valence-electron chi connectivity index (χ1n) is 5.85. The zero-order valence-electron chi connectivity index (χ0n) is 10.5. The van der Waals surface area contributed by atoms with Crippen molar-refractivity contribution in [2.45, 2.75) is 4.90 Å². The Hall–Kier alpha value is -1.66. The average Bonchev–Trinajstić information content (AvgIpc) is 2.80. The second-order valence-electron chi connectivity index (χ2n) is 4.22. The van der Waals surface area contributed by atoms with E-state index in [0.717, 1.165) is 11.0 Å². The molecule has 3 rings (SSSR count). The van der Waals surface area contributed by atoms with Gasteiger partial charge in [0.1, 0.15) is 5.52 Å². The van der Waals surface area contributed by atoms with Crippen LogP contribution in [0.15, 0.2) is 41.3 Å². The summed E-state index contributed by atoms with van der Waals surface area (Å²) >= 11 is 6.82. The number of hydrogen-bond acceptors (Lipinski definition) is 2. The predicted molar refractivity (Wildman–Crippen MR) is 80.2 cm³/mol. The molecule has 0 atom stereocenters. The maximum Gasteiger partial charge on any atom is 0.184 e. The Bertz CT molecular complexity index is 835. The Morgan fingerprint density at radius 2 is 1.80 bits per heavy atom. The molecule has 0 spiro atoms. The molecule has 0 unspecified atom stereocenters. The largest absolute Gasteiger partial charge is 0.330 e. The number of nitrogens with zero attached hydrogens (tertiary/aromatic N) is 1. The van der Waals surface area contributed by atoms with Gasteiger partial charge in [0, 0.05) is 10.6 Å². The molecular formula is C14H10F2N2S2. The number of fused-ring (bicyclic) bond motifs is 1. The first kappa shape index (κ1) is 13.3. The number of thioether (sulfide) groups is 1. The lowest BCUT2D eigenvalue weighted by Crippen LogP contribution is -1.97.